The molecule has 1 aliphatic carbocycles. The number of amides is 3. The van der Waals surface area contributed by atoms with Crippen LogP contribution >= 0.6 is 0 Å². The second kappa shape index (κ2) is 4.76. The van der Waals surface area contributed by atoms with Crippen molar-refractivity contribution in [3.05, 3.63) is 23.7 Å². The summed E-state index contributed by atoms with van der Waals surface area (Å²) in [6.07, 6.45) is 4.21. The molecule has 2 aromatic rings. The molecule has 0 radical (unpaired) electrons. The molecule has 8 heteroatoms. The van der Waals surface area contributed by atoms with Crippen molar-refractivity contribution in [2.75, 3.05) is 18.5 Å². The molecule has 2 aromatic heterocycles. The van der Waals surface area contributed by atoms with E-state index in [0.29, 0.717) is 23.1 Å². The second-order valence-electron chi connectivity index (χ2n) is 6.28. The molecule has 4 rings (SSSR count). The Hall–Kier alpha value is -2.48. The number of imide groups is 1. The van der Waals surface area contributed by atoms with Gasteiger partial charge >= 0.3 is 6.03 Å². The number of rotatable bonds is 3. The lowest BCUT2D eigenvalue weighted by atomic mass is 10.1. The lowest BCUT2D eigenvalue weighted by Crippen LogP contribution is -2.30. The molecule has 1 saturated carbocycles. The lowest BCUT2D eigenvalue weighted by Gasteiger charge is -2.16. The van der Waals surface area contributed by atoms with Gasteiger partial charge in [-0.1, -0.05) is 0 Å². The number of likely N-dealkylation sites (N-methyl/N-ethyl adjacent to an activating group) is 1. The van der Waals surface area contributed by atoms with Crippen molar-refractivity contribution in [3.8, 4) is 0 Å². The van der Waals surface area contributed by atoms with Crippen molar-refractivity contribution >= 4 is 23.3 Å². The number of hydrogen-bond acceptors (Lipinski definition) is 5. The highest BCUT2D eigenvalue weighted by Crippen LogP contribution is 2.42. The molecular weight excluding hydrogens is 296 g/mol. The molecule has 2 aliphatic rings. The van der Waals surface area contributed by atoms with Crippen LogP contribution in [0.3, 0.4) is 0 Å². The van der Waals surface area contributed by atoms with E-state index in [1.54, 1.807) is 4.52 Å². The van der Waals surface area contributed by atoms with Crippen LogP contribution in [-0.4, -0.2) is 45.0 Å². The van der Waals surface area contributed by atoms with Gasteiger partial charge in [0.1, 0.15) is 6.54 Å². The molecule has 120 valence electrons. The Labute approximate surface area is 132 Å². The fourth-order valence-corrected chi connectivity index (χ4v) is 2.82. The molecular formula is C15H18N6O2. The zero-order valence-electron chi connectivity index (χ0n) is 13.1. The molecule has 0 unspecified atom stereocenters. The van der Waals surface area contributed by atoms with Gasteiger partial charge in [-0.3, -0.25) is 14.6 Å². The molecule has 0 bridgehead atoms. The standard InChI is InChI=1S/C15H18N6O2/c1-8(16)13-17-14-11(20-7-12(22)19(2)15(20)23)5-10(9-3-4-9)6-21(14)18-13/h5-6,8-9H,3-4,7,16H2,1-2H3/t8-/m0/s1. The third-order valence-electron chi connectivity index (χ3n) is 4.38. The van der Waals surface area contributed by atoms with Gasteiger partial charge < -0.3 is 5.73 Å². The summed E-state index contributed by atoms with van der Waals surface area (Å²) in [4.78, 5) is 31.3. The number of carbonyl (C=O) groups excluding carboxylic acids is 2. The average Bonchev–Trinajstić information content (AvgIpc) is 3.23. The zero-order valence-corrected chi connectivity index (χ0v) is 13.1. The number of pyridine rings is 1. The predicted octanol–water partition coefficient (Wildman–Crippen LogP) is 1.02. The quantitative estimate of drug-likeness (QED) is 0.853. The molecule has 0 aromatic carbocycles. The van der Waals surface area contributed by atoms with Gasteiger partial charge in [-0.2, -0.15) is 0 Å². The van der Waals surface area contributed by atoms with E-state index in [4.69, 9.17) is 5.73 Å². The summed E-state index contributed by atoms with van der Waals surface area (Å²) in [6, 6.07) is 1.32. The van der Waals surface area contributed by atoms with Crippen LogP contribution in [0.2, 0.25) is 0 Å². The number of hydrogen-bond donors (Lipinski definition) is 1. The molecule has 1 aliphatic heterocycles. The van der Waals surface area contributed by atoms with Crippen LogP contribution in [-0.2, 0) is 4.79 Å². The largest absolute Gasteiger partial charge is 0.331 e. The number of carbonyl (C=O) groups is 2. The van der Waals surface area contributed by atoms with Gasteiger partial charge in [0.2, 0.25) is 5.91 Å². The highest BCUT2D eigenvalue weighted by atomic mass is 16.2. The first-order valence-electron chi connectivity index (χ1n) is 7.69. The minimum atomic E-state index is -0.338. The smallest absolute Gasteiger partial charge is 0.321 e. The van der Waals surface area contributed by atoms with Gasteiger partial charge in [0.25, 0.3) is 0 Å². The maximum atomic E-state index is 12.3. The van der Waals surface area contributed by atoms with Crippen LogP contribution in [0.1, 0.15) is 43.1 Å². The molecule has 3 amide bonds. The summed E-state index contributed by atoms with van der Waals surface area (Å²) >= 11 is 0. The fraction of sp³-hybridized carbons (Fsp3) is 0.467. The first kappa shape index (κ1) is 14.1. The van der Waals surface area contributed by atoms with E-state index in [0.717, 1.165) is 23.3 Å². The Morgan fingerprint density at radius 3 is 2.65 bits per heavy atom. The SMILES string of the molecule is C[C@H](N)c1nc2c(N3CC(=O)N(C)C3=O)cc(C3CC3)cn2n1. The molecule has 3 heterocycles. The van der Waals surface area contributed by atoms with E-state index in [-0.39, 0.29) is 24.5 Å². The summed E-state index contributed by atoms with van der Waals surface area (Å²) in [7, 11) is 1.49. The van der Waals surface area contributed by atoms with Crippen molar-refractivity contribution in [1.82, 2.24) is 19.5 Å². The Bertz CT molecular complexity index is 823. The van der Waals surface area contributed by atoms with Gasteiger partial charge in [-0.15, -0.1) is 5.10 Å². The number of nitrogens with two attached hydrogens (primary N) is 1. The average molecular weight is 314 g/mol. The summed E-state index contributed by atoms with van der Waals surface area (Å²) in [6.45, 7) is 1.84. The topological polar surface area (TPSA) is 96.8 Å². The first-order valence-corrected chi connectivity index (χ1v) is 7.69. The number of nitrogens with zero attached hydrogens (tertiary/aromatic N) is 5. The highest BCUT2D eigenvalue weighted by Gasteiger charge is 2.36. The predicted molar refractivity (Wildman–Crippen MR) is 83.1 cm³/mol. The van der Waals surface area contributed by atoms with Gasteiger partial charge in [-0.05, 0) is 37.3 Å². The Balaban J connectivity index is 1.89. The maximum absolute atomic E-state index is 12.3. The number of anilines is 1. The summed E-state index contributed by atoms with van der Waals surface area (Å²) in [5.41, 5.74) is 8.17. The van der Waals surface area contributed by atoms with E-state index in [9.17, 15) is 9.59 Å². The fourth-order valence-electron chi connectivity index (χ4n) is 2.82. The Morgan fingerprint density at radius 1 is 1.35 bits per heavy atom. The van der Waals surface area contributed by atoms with Crippen molar-refractivity contribution in [1.29, 1.82) is 0 Å². The normalized spacial score (nSPS) is 20.0. The third kappa shape index (κ3) is 2.17. The van der Waals surface area contributed by atoms with E-state index in [1.807, 2.05) is 19.2 Å². The highest BCUT2D eigenvalue weighted by molar-refractivity contribution is 6.13. The van der Waals surface area contributed by atoms with Gasteiger partial charge in [0.15, 0.2) is 11.5 Å². The van der Waals surface area contributed by atoms with Crippen LogP contribution in [0.4, 0.5) is 10.5 Å². The van der Waals surface area contributed by atoms with Crippen molar-refractivity contribution < 1.29 is 9.59 Å². The molecule has 1 atom stereocenters. The van der Waals surface area contributed by atoms with E-state index >= 15 is 0 Å². The zero-order chi connectivity index (χ0) is 16.3. The van der Waals surface area contributed by atoms with Crippen LogP contribution in [0.25, 0.3) is 5.65 Å². The summed E-state index contributed by atoms with van der Waals surface area (Å²) in [5, 5.41) is 4.42. The minimum absolute atomic E-state index is 0.0273. The van der Waals surface area contributed by atoms with E-state index in [2.05, 4.69) is 10.1 Å². The molecule has 2 fully saturated rings. The van der Waals surface area contributed by atoms with Gasteiger partial charge in [0.05, 0.1) is 11.7 Å². The minimum Gasteiger partial charge on any atom is -0.321 e. The van der Waals surface area contributed by atoms with Gasteiger partial charge in [0, 0.05) is 13.2 Å². The van der Waals surface area contributed by atoms with Crippen LogP contribution in [0.5, 0.6) is 0 Å². The number of aromatic nitrogens is 3. The number of urea groups is 1. The Morgan fingerprint density at radius 2 is 2.09 bits per heavy atom. The molecule has 8 nitrogen and oxygen atoms in total. The van der Waals surface area contributed by atoms with Crippen LogP contribution < -0.4 is 10.6 Å². The number of fused-ring (bicyclic) bond motifs is 1. The molecule has 2 N–H and O–H groups in total. The van der Waals surface area contributed by atoms with Crippen molar-refractivity contribution in [3.63, 3.8) is 0 Å². The third-order valence-corrected chi connectivity index (χ3v) is 4.38. The van der Waals surface area contributed by atoms with Crippen LogP contribution in [0.15, 0.2) is 12.3 Å². The summed E-state index contributed by atoms with van der Waals surface area (Å²) in [5.74, 6) is 0.787. The maximum Gasteiger partial charge on any atom is 0.331 e. The van der Waals surface area contributed by atoms with Crippen molar-refractivity contribution in [2.24, 2.45) is 5.73 Å². The Kier molecular flexibility index (Phi) is 2.92. The van der Waals surface area contributed by atoms with Crippen LogP contribution in [0, 0.1) is 0 Å². The lowest BCUT2D eigenvalue weighted by molar-refractivity contribution is -0.123. The first-order chi connectivity index (χ1) is 11.0. The molecule has 23 heavy (non-hydrogen) atoms. The molecule has 1 saturated heterocycles. The monoisotopic (exact) mass is 314 g/mol. The van der Waals surface area contributed by atoms with E-state index in [1.165, 1.54) is 11.9 Å². The summed E-state index contributed by atoms with van der Waals surface area (Å²) < 4.78 is 1.68. The van der Waals surface area contributed by atoms with Crippen molar-refractivity contribution in [2.45, 2.75) is 31.7 Å². The molecule has 0 spiro atoms. The van der Waals surface area contributed by atoms with Gasteiger partial charge in [-0.25, -0.2) is 14.3 Å². The second-order valence-corrected chi connectivity index (χ2v) is 6.28. The van der Waals surface area contributed by atoms with E-state index < -0.39 is 0 Å².